The lowest BCUT2D eigenvalue weighted by molar-refractivity contribution is -0.137. The van der Waals surface area contributed by atoms with Gasteiger partial charge in [-0.1, -0.05) is 0 Å². The molecule has 0 radical (unpaired) electrons. The highest BCUT2D eigenvalue weighted by Crippen LogP contribution is 2.40. The number of alkyl halides is 3. The molecule has 0 unspecified atom stereocenters. The molecule has 0 saturated heterocycles. The maximum atomic E-state index is 12.5. The van der Waals surface area contributed by atoms with Gasteiger partial charge >= 0.3 is 6.18 Å². The summed E-state index contributed by atoms with van der Waals surface area (Å²) >= 11 is 5.95. The molecule has 0 amide bonds. The first-order valence-corrected chi connectivity index (χ1v) is 6.13. The Morgan fingerprint density at radius 3 is 2.26 bits per heavy atom. The predicted octanol–water partition coefficient (Wildman–Crippen LogP) is 3.82. The van der Waals surface area contributed by atoms with Crippen molar-refractivity contribution in [2.24, 2.45) is 0 Å². The summed E-state index contributed by atoms with van der Waals surface area (Å²) in [5.41, 5.74) is -0.140. The first kappa shape index (κ1) is 12.5. The summed E-state index contributed by atoms with van der Waals surface area (Å²) in [4.78, 5) is 0. The second kappa shape index (κ2) is 4.23. The molecule has 0 atom stereocenters. The second-order valence-electron chi connectivity index (χ2n) is 4.48. The number of hydrogen-bond acceptors (Lipinski definition) is 2. The molecule has 1 aromatic heterocycles. The molecule has 1 aliphatic carbocycles. The maximum Gasteiger partial charge on any atom is 0.416 e. The van der Waals surface area contributed by atoms with Crippen LogP contribution in [0, 0.1) is 0 Å². The van der Waals surface area contributed by atoms with Gasteiger partial charge in [-0.3, -0.25) is 4.57 Å². The molecular weight excluding hydrogens is 279 g/mol. The summed E-state index contributed by atoms with van der Waals surface area (Å²) < 4.78 is 39.1. The largest absolute Gasteiger partial charge is 0.416 e. The Morgan fingerprint density at radius 2 is 1.74 bits per heavy atom. The van der Waals surface area contributed by atoms with Crippen LogP contribution in [0.1, 0.15) is 30.1 Å². The van der Waals surface area contributed by atoms with E-state index in [-0.39, 0.29) is 5.28 Å². The summed E-state index contributed by atoms with van der Waals surface area (Å²) in [6.45, 7) is 0. The molecule has 3 nitrogen and oxygen atoms in total. The second-order valence-corrected chi connectivity index (χ2v) is 4.82. The minimum Gasteiger partial charge on any atom is -0.270 e. The lowest BCUT2D eigenvalue weighted by Gasteiger charge is -2.10. The number of rotatable bonds is 2. The van der Waals surface area contributed by atoms with Crippen molar-refractivity contribution in [1.29, 1.82) is 0 Å². The van der Waals surface area contributed by atoms with Gasteiger partial charge in [-0.15, -0.1) is 10.2 Å². The van der Waals surface area contributed by atoms with Gasteiger partial charge in [0.05, 0.1) is 5.56 Å². The number of halogens is 4. The lowest BCUT2D eigenvalue weighted by Crippen LogP contribution is -2.06. The highest BCUT2D eigenvalue weighted by atomic mass is 35.5. The SMILES string of the molecule is FC(F)(F)c1ccc(-n2c(Cl)nnc2C2CC2)cc1. The summed E-state index contributed by atoms with van der Waals surface area (Å²) in [5.74, 6) is 1.02. The van der Waals surface area contributed by atoms with E-state index in [1.54, 1.807) is 4.57 Å². The van der Waals surface area contributed by atoms with Crippen molar-refractivity contribution in [3.63, 3.8) is 0 Å². The van der Waals surface area contributed by atoms with Gasteiger partial charge in [0.1, 0.15) is 5.82 Å². The summed E-state index contributed by atoms with van der Waals surface area (Å²) in [6.07, 6.45) is -2.32. The van der Waals surface area contributed by atoms with E-state index in [0.29, 0.717) is 17.4 Å². The third kappa shape index (κ3) is 2.32. The van der Waals surface area contributed by atoms with Crippen LogP contribution in [0.15, 0.2) is 24.3 Å². The average Bonchev–Trinajstić information content (AvgIpc) is 3.12. The standard InChI is InChI=1S/C12H9ClF3N3/c13-11-18-17-10(7-1-2-7)19(11)9-5-3-8(4-6-9)12(14,15)16/h3-7H,1-2H2. The zero-order valence-corrected chi connectivity index (χ0v) is 10.4. The average molecular weight is 288 g/mol. The van der Waals surface area contributed by atoms with E-state index in [0.717, 1.165) is 25.0 Å². The molecule has 2 aromatic rings. The Morgan fingerprint density at radius 1 is 1.11 bits per heavy atom. The van der Waals surface area contributed by atoms with Gasteiger partial charge < -0.3 is 0 Å². The number of nitrogens with zero attached hydrogens (tertiary/aromatic N) is 3. The van der Waals surface area contributed by atoms with Crippen LogP contribution in [0.5, 0.6) is 0 Å². The minimum atomic E-state index is -4.34. The molecule has 0 bridgehead atoms. The van der Waals surface area contributed by atoms with Crippen LogP contribution >= 0.6 is 11.6 Å². The van der Waals surface area contributed by atoms with Crippen molar-refractivity contribution in [3.05, 3.63) is 40.9 Å². The highest BCUT2D eigenvalue weighted by Gasteiger charge is 2.32. The van der Waals surface area contributed by atoms with Gasteiger partial charge in [-0.2, -0.15) is 13.2 Å². The molecule has 1 aromatic carbocycles. The van der Waals surface area contributed by atoms with Crippen molar-refractivity contribution in [3.8, 4) is 5.69 Å². The van der Waals surface area contributed by atoms with Gasteiger partial charge in [0.25, 0.3) is 0 Å². The first-order valence-electron chi connectivity index (χ1n) is 5.75. The zero-order valence-electron chi connectivity index (χ0n) is 9.65. The van der Waals surface area contributed by atoms with Crippen molar-refractivity contribution in [2.45, 2.75) is 24.9 Å². The van der Waals surface area contributed by atoms with Crippen LogP contribution < -0.4 is 0 Å². The fraction of sp³-hybridized carbons (Fsp3) is 0.333. The quantitative estimate of drug-likeness (QED) is 0.841. The van der Waals surface area contributed by atoms with E-state index in [4.69, 9.17) is 11.6 Å². The van der Waals surface area contributed by atoms with Gasteiger partial charge in [0.2, 0.25) is 5.28 Å². The lowest BCUT2D eigenvalue weighted by atomic mass is 10.2. The highest BCUT2D eigenvalue weighted by molar-refractivity contribution is 6.28. The molecule has 1 aliphatic rings. The first-order chi connectivity index (χ1) is 8.97. The number of benzene rings is 1. The van der Waals surface area contributed by atoms with E-state index in [9.17, 15) is 13.2 Å². The van der Waals surface area contributed by atoms with Crippen molar-refractivity contribution in [2.75, 3.05) is 0 Å². The van der Waals surface area contributed by atoms with Crippen molar-refractivity contribution >= 4 is 11.6 Å². The molecule has 1 fully saturated rings. The van der Waals surface area contributed by atoms with Crippen LogP contribution in [0.2, 0.25) is 5.28 Å². The molecule has 1 saturated carbocycles. The van der Waals surface area contributed by atoms with Crippen LogP contribution in [0.3, 0.4) is 0 Å². The molecular formula is C12H9ClF3N3. The van der Waals surface area contributed by atoms with Crippen LogP contribution in [0.4, 0.5) is 13.2 Å². The smallest absolute Gasteiger partial charge is 0.270 e. The van der Waals surface area contributed by atoms with Gasteiger partial charge in [0.15, 0.2) is 0 Å². The summed E-state index contributed by atoms with van der Waals surface area (Å²) in [6, 6.07) is 4.82. The topological polar surface area (TPSA) is 30.7 Å². The van der Waals surface area contributed by atoms with E-state index in [1.807, 2.05) is 0 Å². The fourth-order valence-electron chi connectivity index (χ4n) is 1.92. The molecule has 7 heteroatoms. The van der Waals surface area contributed by atoms with Gasteiger partial charge in [-0.25, -0.2) is 0 Å². The molecule has 0 aliphatic heterocycles. The minimum absolute atomic E-state index is 0.168. The zero-order chi connectivity index (χ0) is 13.6. The molecule has 3 rings (SSSR count). The fourth-order valence-corrected chi connectivity index (χ4v) is 2.14. The monoisotopic (exact) mass is 287 g/mol. The third-order valence-corrected chi connectivity index (χ3v) is 3.29. The third-order valence-electron chi connectivity index (χ3n) is 3.04. The van der Waals surface area contributed by atoms with E-state index in [1.165, 1.54) is 12.1 Å². The Labute approximate surface area is 112 Å². The maximum absolute atomic E-state index is 12.5. The predicted molar refractivity (Wildman–Crippen MR) is 63.3 cm³/mol. The summed E-state index contributed by atoms with van der Waals surface area (Å²) in [7, 11) is 0. The Balaban J connectivity index is 2.01. The van der Waals surface area contributed by atoms with Crippen LogP contribution in [0.25, 0.3) is 5.69 Å². The van der Waals surface area contributed by atoms with E-state index >= 15 is 0 Å². The van der Waals surface area contributed by atoms with Gasteiger partial charge in [-0.05, 0) is 48.7 Å². The van der Waals surface area contributed by atoms with Crippen LogP contribution in [-0.4, -0.2) is 14.8 Å². The van der Waals surface area contributed by atoms with Gasteiger partial charge in [0, 0.05) is 11.6 Å². The van der Waals surface area contributed by atoms with E-state index < -0.39 is 11.7 Å². The van der Waals surface area contributed by atoms with Crippen molar-refractivity contribution in [1.82, 2.24) is 14.8 Å². The van der Waals surface area contributed by atoms with E-state index in [2.05, 4.69) is 10.2 Å². The molecule has 1 heterocycles. The molecule has 0 N–H and O–H groups in total. The Hall–Kier alpha value is -1.56. The van der Waals surface area contributed by atoms with Crippen LogP contribution in [-0.2, 0) is 6.18 Å². The molecule has 0 spiro atoms. The molecule has 100 valence electrons. The Bertz CT molecular complexity index is 600. The number of hydrogen-bond donors (Lipinski definition) is 0. The van der Waals surface area contributed by atoms with Crippen molar-refractivity contribution < 1.29 is 13.2 Å². The molecule has 19 heavy (non-hydrogen) atoms. The summed E-state index contributed by atoms with van der Waals surface area (Å²) in [5, 5.41) is 7.93. The Kier molecular flexibility index (Phi) is 2.78. The normalized spacial score (nSPS) is 15.8. The number of aromatic nitrogens is 3.